The molecule has 0 radical (unpaired) electrons. The summed E-state index contributed by atoms with van der Waals surface area (Å²) < 4.78 is 0. The van der Waals surface area contributed by atoms with Crippen LogP contribution in [0.3, 0.4) is 0 Å². The Bertz CT molecular complexity index is 512. The van der Waals surface area contributed by atoms with E-state index < -0.39 is 0 Å². The number of amides is 1. The van der Waals surface area contributed by atoms with Crippen molar-refractivity contribution in [2.24, 2.45) is 5.10 Å². The van der Waals surface area contributed by atoms with Gasteiger partial charge in [-0.2, -0.15) is 5.10 Å². The molecule has 0 unspecified atom stereocenters. The first-order valence-corrected chi connectivity index (χ1v) is 4.86. The van der Waals surface area contributed by atoms with Gasteiger partial charge in [0.25, 0.3) is 5.91 Å². The van der Waals surface area contributed by atoms with Crippen LogP contribution in [0.4, 0.5) is 0 Å². The van der Waals surface area contributed by atoms with E-state index in [4.69, 9.17) is 0 Å². The van der Waals surface area contributed by atoms with Gasteiger partial charge >= 0.3 is 0 Å². The fourth-order valence-corrected chi connectivity index (χ4v) is 1.10. The molecule has 2 aromatic heterocycles. The molecule has 0 fully saturated rings. The molecule has 0 bridgehead atoms. The molecule has 2 aromatic rings. The normalized spacial score (nSPS) is 10.4. The van der Waals surface area contributed by atoms with Crippen molar-refractivity contribution in [2.45, 2.75) is 0 Å². The number of nitrogens with one attached hydrogen (secondary N) is 1. The van der Waals surface area contributed by atoms with Gasteiger partial charge in [0.1, 0.15) is 5.69 Å². The van der Waals surface area contributed by atoms with E-state index in [-0.39, 0.29) is 5.91 Å². The topological polar surface area (TPSA) is 80.1 Å². The van der Waals surface area contributed by atoms with Crippen molar-refractivity contribution in [3.8, 4) is 0 Å². The Morgan fingerprint density at radius 3 is 2.71 bits per heavy atom. The number of hydrogen-bond acceptors (Lipinski definition) is 5. The molecule has 6 nitrogen and oxygen atoms in total. The highest BCUT2D eigenvalue weighted by Gasteiger charge is 2.01. The molecule has 84 valence electrons. The zero-order valence-corrected chi connectivity index (χ0v) is 8.82. The van der Waals surface area contributed by atoms with E-state index in [1.165, 1.54) is 6.21 Å². The second-order valence-corrected chi connectivity index (χ2v) is 3.07. The molecule has 1 N–H and O–H groups in total. The summed E-state index contributed by atoms with van der Waals surface area (Å²) in [6.45, 7) is 0. The summed E-state index contributed by atoms with van der Waals surface area (Å²) in [5.74, 6) is -0.299. The van der Waals surface area contributed by atoms with E-state index in [0.717, 1.165) is 0 Å². The molecule has 0 saturated carbocycles. The van der Waals surface area contributed by atoms with Gasteiger partial charge in [-0.15, -0.1) is 0 Å². The number of rotatable bonds is 3. The molecule has 1 amide bonds. The van der Waals surface area contributed by atoms with Crippen LogP contribution in [-0.2, 0) is 0 Å². The number of nitrogens with zero attached hydrogens (tertiary/aromatic N) is 4. The average Bonchev–Trinajstić information content (AvgIpc) is 2.41. The van der Waals surface area contributed by atoms with Crippen LogP contribution in [0.25, 0.3) is 0 Å². The van der Waals surface area contributed by atoms with E-state index in [1.807, 2.05) is 0 Å². The van der Waals surface area contributed by atoms with Crippen molar-refractivity contribution < 1.29 is 4.79 Å². The van der Waals surface area contributed by atoms with Gasteiger partial charge in [0.2, 0.25) is 0 Å². The molecule has 0 saturated heterocycles. The van der Waals surface area contributed by atoms with Crippen LogP contribution < -0.4 is 5.43 Å². The lowest BCUT2D eigenvalue weighted by Gasteiger charge is -1.97. The largest absolute Gasteiger partial charge is 0.271 e. The predicted octanol–water partition coefficient (Wildman–Crippen LogP) is 0.635. The fraction of sp³-hybridized carbons (Fsp3) is 0. The molecular weight excluding hydrogens is 218 g/mol. The zero-order valence-electron chi connectivity index (χ0n) is 8.82. The zero-order chi connectivity index (χ0) is 11.9. The summed E-state index contributed by atoms with van der Waals surface area (Å²) in [5.41, 5.74) is 3.45. The summed E-state index contributed by atoms with van der Waals surface area (Å²) in [6.07, 6.45) is 9.16. The van der Waals surface area contributed by atoms with Crippen molar-refractivity contribution in [2.75, 3.05) is 0 Å². The van der Waals surface area contributed by atoms with Gasteiger partial charge in [0.05, 0.1) is 12.4 Å². The third kappa shape index (κ3) is 3.16. The second-order valence-electron chi connectivity index (χ2n) is 3.07. The maximum Gasteiger partial charge on any atom is 0.271 e. The minimum atomic E-state index is -0.299. The number of pyridine rings is 1. The van der Waals surface area contributed by atoms with Crippen LogP contribution in [0.1, 0.15) is 16.1 Å². The van der Waals surface area contributed by atoms with Crippen LogP contribution in [0.2, 0.25) is 0 Å². The van der Waals surface area contributed by atoms with Gasteiger partial charge in [-0.25, -0.2) is 5.43 Å². The molecule has 2 heterocycles. The van der Waals surface area contributed by atoms with Gasteiger partial charge in [-0.3, -0.25) is 19.7 Å². The van der Waals surface area contributed by atoms with Crippen LogP contribution in [-0.4, -0.2) is 27.1 Å². The Hall–Kier alpha value is -2.63. The van der Waals surface area contributed by atoms with Crippen molar-refractivity contribution in [1.82, 2.24) is 20.4 Å². The Labute approximate surface area is 97.5 Å². The molecule has 0 aromatic carbocycles. The first-order valence-electron chi connectivity index (χ1n) is 4.86. The van der Waals surface area contributed by atoms with Crippen LogP contribution in [0.15, 0.2) is 48.2 Å². The Balaban J connectivity index is 1.95. The van der Waals surface area contributed by atoms with E-state index in [9.17, 15) is 4.79 Å². The fourth-order valence-electron chi connectivity index (χ4n) is 1.10. The third-order valence-electron chi connectivity index (χ3n) is 1.89. The summed E-state index contributed by atoms with van der Waals surface area (Å²) >= 11 is 0. The van der Waals surface area contributed by atoms with E-state index >= 15 is 0 Å². The lowest BCUT2D eigenvalue weighted by atomic mass is 10.3. The highest BCUT2D eigenvalue weighted by Crippen LogP contribution is 1.95. The van der Waals surface area contributed by atoms with E-state index in [1.54, 1.807) is 43.1 Å². The lowest BCUT2D eigenvalue weighted by molar-refractivity contribution is 0.0955. The van der Waals surface area contributed by atoms with Crippen molar-refractivity contribution in [1.29, 1.82) is 0 Å². The molecule has 17 heavy (non-hydrogen) atoms. The van der Waals surface area contributed by atoms with Crippen LogP contribution in [0, 0.1) is 0 Å². The minimum absolute atomic E-state index is 0.299. The van der Waals surface area contributed by atoms with Crippen LogP contribution >= 0.6 is 0 Å². The monoisotopic (exact) mass is 227 g/mol. The number of hydrogen-bond donors (Lipinski definition) is 1. The maximum absolute atomic E-state index is 11.5. The molecule has 0 aliphatic rings. The smallest absolute Gasteiger partial charge is 0.267 e. The molecule has 0 atom stereocenters. The first kappa shape index (κ1) is 10.9. The number of carbonyl (C=O) groups is 1. The first-order chi connectivity index (χ1) is 8.36. The van der Waals surface area contributed by atoms with Crippen molar-refractivity contribution >= 4 is 12.1 Å². The Kier molecular flexibility index (Phi) is 3.49. The average molecular weight is 227 g/mol. The molecule has 2 rings (SSSR count). The van der Waals surface area contributed by atoms with E-state index in [2.05, 4.69) is 25.5 Å². The lowest BCUT2D eigenvalue weighted by Crippen LogP contribution is -2.17. The number of carbonyl (C=O) groups excluding carboxylic acids is 1. The molecule has 0 aliphatic heterocycles. The van der Waals surface area contributed by atoms with E-state index in [0.29, 0.717) is 11.3 Å². The summed E-state index contributed by atoms with van der Waals surface area (Å²) in [4.78, 5) is 23.2. The highest BCUT2D eigenvalue weighted by molar-refractivity contribution is 5.94. The van der Waals surface area contributed by atoms with Crippen LogP contribution in [0.5, 0.6) is 0 Å². The van der Waals surface area contributed by atoms with Gasteiger partial charge in [0.15, 0.2) is 0 Å². The SMILES string of the molecule is O=C(N/N=C/c1cnccn1)c1ccncc1. The molecule has 0 aliphatic carbocycles. The van der Waals surface area contributed by atoms with Crippen molar-refractivity contribution in [3.63, 3.8) is 0 Å². The van der Waals surface area contributed by atoms with Gasteiger partial charge in [0, 0.05) is 30.4 Å². The predicted molar refractivity (Wildman–Crippen MR) is 61.3 cm³/mol. The van der Waals surface area contributed by atoms with Gasteiger partial charge in [-0.1, -0.05) is 0 Å². The molecule has 6 heteroatoms. The van der Waals surface area contributed by atoms with Gasteiger partial charge < -0.3 is 0 Å². The molecule has 0 spiro atoms. The summed E-state index contributed by atoms with van der Waals surface area (Å²) in [7, 11) is 0. The Morgan fingerprint density at radius 2 is 2.00 bits per heavy atom. The standard InChI is InChI=1S/C11H9N5O/c17-11(9-1-3-12-4-2-9)16-15-8-10-7-13-5-6-14-10/h1-8H,(H,16,17)/b15-8+. The Morgan fingerprint density at radius 1 is 1.18 bits per heavy atom. The third-order valence-corrected chi connectivity index (χ3v) is 1.89. The number of aromatic nitrogens is 3. The quantitative estimate of drug-likeness (QED) is 0.616. The molecular formula is C11H9N5O. The second kappa shape index (κ2) is 5.45. The highest BCUT2D eigenvalue weighted by atomic mass is 16.2. The maximum atomic E-state index is 11.5. The summed E-state index contributed by atoms with van der Waals surface area (Å²) in [6, 6.07) is 3.21. The number of hydrazone groups is 1. The van der Waals surface area contributed by atoms with Gasteiger partial charge in [-0.05, 0) is 12.1 Å². The summed E-state index contributed by atoms with van der Waals surface area (Å²) in [5, 5.41) is 3.77. The van der Waals surface area contributed by atoms with Crippen molar-refractivity contribution in [3.05, 3.63) is 54.4 Å². The minimum Gasteiger partial charge on any atom is -0.267 e.